The van der Waals surface area contributed by atoms with Crippen molar-refractivity contribution in [3.8, 4) is 11.5 Å². The van der Waals surface area contributed by atoms with Gasteiger partial charge in [-0.05, 0) is 57.4 Å². The van der Waals surface area contributed by atoms with Gasteiger partial charge in [0.15, 0.2) is 0 Å². The summed E-state index contributed by atoms with van der Waals surface area (Å²) in [4.78, 5) is 27.1. The van der Waals surface area contributed by atoms with Gasteiger partial charge in [-0.25, -0.2) is 0 Å². The Balaban J connectivity index is 1.57. The van der Waals surface area contributed by atoms with Crippen molar-refractivity contribution in [1.29, 1.82) is 0 Å². The highest BCUT2D eigenvalue weighted by molar-refractivity contribution is 5.96. The van der Waals surface area contributed by atoms with E-state index in [4.69, 9.17) is 9.47 Å². The number of aryl methyl sites for hydroxylation is 3. The molecule has 1 heterocycles. The highest BCUT2D eigenvalue weighted by Crippen LogP contribution is 2.38. The van der Waals surface area contributed by atoms with Gasteiger partial charge in [-0.1, -0.05) is 23.8 Å². The van der Waals surface area contributed by atoms with E-state index < -0.39 is 0 Å². The van der Waals surface area contributed by atoms with Crippen molar-refractivity contribution in [1.82, 2.24) is 10.2 Å². The third kappa shape index (κ3) is 5.59. The number of rotatable bonds is 8. The average molecular weight is 440 g/mol. The molecule has 1 atom stereocenters. The van der Waals surface area contributed by atoms with Gasteiger partial charge in [0.2, 0.25) is 11.8 Å². The summed E-state index contributed by atoms with van der Waals surface area (Å²) < 4.78 is 10.8. The van der Waals surface area contributed by atoms with E-state index in [9.17, 15) is 9.59 Å². The number of benzene rings is 2. The number of nitrogens with one attached hydrogen (secondary N) is 2. The van der Waals surface area contributed by atoms with Crippen molar-refractivity contribution in [2.45, 2.75) is 39.7 Å². The van der Waals surface area contributed by atoms with Crippen LogP contribution in [0.5, 0.6) is 11.5 Å². The molecular formula is C25H33N3O4. The number of hydrogen-bond acceptors (Lipinski definition) is 5. The molecular weight excluding hydrogens is 406 g/mol. The fraction of sp³-hybridized carbons (Fsp3) is 0.440. The third-order valence-electron chi connectivity index (χ3n) is 5.90. The smallest absolute Gasteiger partial charge is 0.243 e. The summed E-state index contributed by atoms with van der Waals surface area (Å²) in [6.07, 6.45) is 1.95. The van der Waals surface area contributed by atoms with Crippen LogP contribution in [0.1, 0.15) is 41.1 Å². The number of nitrogens with zero attached hydrogens (tertiary/aromatic N) is 1. The van der Waals surface area contributed by atoms with Crippen LogP contribution in [-0.4, -0.2) is 50.6 Å². The largest absolute Gasteiger partial charge is 0.497 e. The van der Waals surface area contributed by atoms with E-state index in [0.29, 0.717) is 0 Å². The van der Waals surface area contributed by atoms with Gasteiger partial charge in [0.1, 0.15) is 11.5 Å². The molecule has 0 radical (unpaired) electrons. The molecule has 0 aliphatic carbocycles. The van der Waals surface area contributed by atoms with Crippen LogP contribution in [0.2, 0.25) is 0 Å². The second-order valence-corrected chi connectivity index (χ2v) is 8.34. The highest BCUT2D eigenvalue weighted by Gasteiger charge is 2.30. The molecule has 7 nitrogen and oxygen atoms in total. The van der Waals surface area contributed by atoms with E-state index in [1.54, 1.807) is 14.2 Å². The van der Waals surface area contributed by atoms with Crippen LogP contribution < -0.4 is 20.1 Å². The quantitative estimate of drug-likeness (QED) is 0.658. The lowest BCUT2D eigenvalue weighted by Crippen LogP contribution is -2.40. The van der Waals surface area contributed by atoms with E-state index >= 15 is 0 Å². The van der Waals surface area contributed by atoms with Gasteiger partial charge in [0, 0.05) is 23.4 Å². The molecule has 172 valence electrons. The number of carbonyl (C=O) groups excluding carboxylic acids is 2. The fourth-order valence-corrected chi connectivity index (χ4v) is 4.44. The molecule has 2 aromatic carbocycles. The first-order chi connectivity index (χ1) is 15.3. The maximum absolute atomic E-state index is 12.6. The van der Waals surface area contributed by atoms with E-state index in [0.717, 1.165) is 58.8 Å². The molecule has 2 N–H and O–H groups in total. The minimum atomic E-state index is -0.233. The first kappa shape index (κ1) is 23.6. The fourth-order valence-electron chi connectivity index (χ4n) is 4.44. The van der Waals surface area contributed by atoms with E-state index in [1.165, 1.54) is 0 Å². The molecule has 32 heavy (non-hydrogen) atoms. The average Bonchev–Trinajstić information content (AvgIpc) is 3.22. The van der Waals surface area contributed by atoms with Gasteiger partial charge in [-0.2, -0.15) is 0 Å². The van der Waals surface area contributed by atoms with Crippen molar-refractivity contribution in [3.63, 3.8) is 0 Å². The summed E-state index contributed by atoms with van der Waals surface area (Å²) in [6.45, 7) is 6.95. The van der Waals surface area contributed by atoms with Crippen LogP contribution in [0.4, 0.5) is 5.69 Å². The van der Waals surface area contributed by atoms with Gasteiger partial charge in [-0.15, -0.1) is 0 Å². The molecule has 0 spiro atoms. The van der Waals surface area contributed by atoms with E-state index in [-0.39, 0.29) is 30.9 Å². The minimum absolute atomic E-state index is 0.0596. The Kier molecular flexibility index (Phi) is 7.75. The molecule has 7 heteroatoms. The SMILES string of the molecule is COc1ccc(C2CCCN2CC(=O)NCC(=O)Nc2c(C)cc(C)cc2C)c(OC)c1. The monoisotopic (exact) mass is 439 g/mol. The topological polar surface area (TPSA) is 79.9 Å². The molecule has 1 aliphatic rings. The van der Waals surface area contributed by atoms with Crippen molar-refractivity contribution in [2.24, 2.45) is 0 Å². The molecule has 1 aliphatic heterocycles. The zero-order chi connectivity index (χ0) is 23.3. The Morgan fingerprint density at radius 3 is 2.41 bits per heavy atom. The van der Waals surface area contributed by atoms with Crippen LogP contribution in [-0.2, 0) is 9.59 Å². The van der Waals surface area contributed by atoms with Crippen LogP contribution in [0.3, 0.4) is 0 Å². The number of hydrogen-bond donors (Lipinski definition) is 2. The lowest BCUT2D eigenvalue weighted by Gasteiger charge is -2.25. The zero-order valence-corrected chi connectivity index (χ0v) is 19.6. The first-order valence-corrected chi connectivity index (χ1v) is 10.9. The second-order valence-electron chi connectivity index (χ2n) is 8.34. The Hall–Kier alpha value is -3.06. The van der Waals surface area contributed by atoms with Gasteiger partial charge in [-0.3, -0.25) is 14.5 Å². The van der Waals surface area contributed by atoms with Crippen molar-refractivity contribution in [3.05, 3.63) is 52.6 Å². The Labute approximate surface area is 190 Å². The van der Waals surface area contributed by atoms with Gasteiger partial charge < -0.3 is 20.1 Å². The van der Waals surface area contributed by atoms with Crippen LogP contribution in [0, 0.1) is 20.8 Å². The molecule has 1 saturated heterocycles. The predicted molar refractivity (Wildman–Crippen MR) is 125 cm³/mol. The number of likely N-dealkylation sites (tertiary alicyclic amines) is 1. The minimum Gasteiger partial charge on any atom is -0.497 e. The number of anilines is 1. The van der Waals surface area contributed by atoms with Crippen molar-refractivity contribution in [2.75, 3.05) is 39.2 Å². The lowest BCUT2D eigenvalue weighted by molar-refractivity contribution is -0.125. The number of methoxy groups -OCH3 is 2. The Bertz CT molecular complexity index is 966. The molecule has 2 amide bonds. The van der Waals surface area contributed by atoms with Gasteiger partial charge >= 0.3 is 0 Å². The lowest BCUT2D eigenvalue weighted by atomic mass is 10.0. The maximum Gasteiger partial charge on any atom is 0.243 e. The van der Waals surface area contributed by atoms with Crippen LogP contribution in [0.15, 0.2) is 30.3 Å². The molecule has 0 aromatic heterocycles. The summed E-state index contributed by atoms with van der Waals surface area (Å²) in [5.41, 5.74) is 5.02. The van der Waals surface area contributed by atoms with Crippen LogP contribution in [0.25, 0.3) is 0 Å². The first-order valence-electron chi connectivity index (χ1n) is 10.9. The highest BCUT2D eigenvalue weighted by atomic mass is 16.5. The van der Waals surface area contributed by atoms with Crippen molar-refractivity contribution >= 4 is 17.5 Å². The normalized spacial score (nSPS) is 16.0. The standard InChI is InChI=1S/C25H33N3O4/c1-16-11-17(2)25(18(3)12-16)27-23(29)14-26-24(30)15-28-10-6-7-21(28)20-9-8-19(31-4)13-22(20)32-5/h8-9,11-13,21H,6-7,10,14-15H2,1-5H3,(H,26,30)(H,27,29). The summed E-state index contributed by atoms with van der Waals surface area (Å²) in [7, 11) is 3.26. The maximum atomic E-state index is 12.6. The number of amides is 2. The molecule has 0 saturated carbocycles. The van der Waals surface area contributed by atoms with Crippen LogP contribution >= 0.6 is 0 Å². The Morgan fingerprint density at radius 1 is 1.03 bits per heavy atom. The van der Waals surface area contributed by atoms with Gasteiger partial charge in [0.25, 0.3) is 0 Å². The molecule has 2 aromatic rings. The molecule has 1 fully saturated rings. The zero-order valence-electron chi connectivity index (χ0n) is 19.6. The second kappa shape index (κ2) is 10.5. The number of carbonyl (C=O) groups is 2. The van der Waals surface area contributed by atoms with Gasteiger partial charge in [0.05, 0.1) is 27.3 Å². The summed E-state index contributed by atoms with van der Waals surface area (Å²) in [5, 5.41) is 5.67. The summed E-state index contributed by atoms with van der Waals surface area (Å²) >= 11 is 0. The Morgan fingerprint density at radius 2 is 1.75 bits per heavy atom. The summed E-state index contributed by atoms with van der Waals surface area (Å²) in [6, 6.07) is 9.93. The summed E-state index contributed by atoms with van der Waals surface area (Å²) in [5.74, 6) is 1.09. The van der Waals surface area contributed by atoms with E-state index in [1.807, 2.05) is 51.1 Å². The van der Waals surface area contributed by atoms with E-state index in [2.05, 4.69) is 15.5 Å². The molecule has 1 unspecified atom stereocenters. The molecule has 3 rings (SSSR count). The predicted octanol–water partition coefficient (Wildman–Crippen LogP) is 3.52. The third-order valence-corrected chi connectivity index (χ3v) is 5.90. The molecule has 0 bridgehead atoms. The number of ether oxygens (including phenoxy) is 2. The van der Waals surface area contributed by atoms with Crippen molar-refractivity contribution < 1.29 is 19.1 Å².